The zero-order valence-electron chi connectivity index (χ0n) is 6.81. The van der Waals surface area contributed by atoms with Crippen molar-refractivity contribution < 1.29 is 4.79 Å². The van der Waals surface area contributed by atoms with Gasteiger partial charge in [0.15, 0.2) is 0 Å². The number of rotatable bonds is 4. The predicted molar refractivity (Wildman–Crippen MR) is 45.4 cm³/mol. The molecule has 2 heteroatoms. The van der Waals surface area contributed by atoms with Gasteiger partial charge in [-0.25, -0.2) is 0 Å². The van der Waals surface area contributed by atoms with E-state index in [9.17, 15) is 4.79 Å². The summed E-state index contributed by atoms with van der Waals surface area (Å²) in [6, 6.07) is 0. The number of carbonyl (C=O) groups is 1. The molecule has 0 radical (unpaired) electrons. The summed E-state index contributed by atoms with van der Waals surface area (Å²) in [5.41, 5.74) is 1.08. The molecule has 1 rings (SSSR count). The molecule has 0 amide bonds. The van der Waals surface area contributed by atoms with Gasteiger partial charge < -0.3 is 10.1 Å². The molecule has 0 saturated carbocycles. The van der Waals surface area contributed by atoms with Gasteiger partial charge in [0, 0.05) is 6.42 Å². The smallest absolute Gasteiger partial charge is 0.124 e. The molecule has 0 aromatic carbocycles. The average Bonchev–Trinajstić information content (AvgIpc) is 2.40. The molecule has 0 aromatic heterocycles. The van der Waals surface area contributed by atoms with Gasteiger partial charge in [0.05, 0.1) is 0 Å². The third-order valence-electron chi connectivity index (χ3n) is 2.11. The lowest BCUT2D eigenvalue weighted by molar-refractivity contribution is -0.107. The fourth-order valence-corrected chi connectivity index (χ4v) is 1.50. The van der Waals surface area contributed by atoms with Gasteiger partial charge in [-0.1, -0.05) is 12.2 Å². The summed E-state index contributed by atoms with van der Waals surface area (Å²) in [4.78, 5) is 10.1. The maximum atomic E-state index is 10.1. The van der Waals surface area contributed by atoms with Crippen molar-refractivity contribution >= 4 is 6.29 Å². The van der Waals surface area contributed by atoms with Gasteiger partial charge in [-0.2, -0.15) is 0 Å². The van der Waals surface area contributed by atoms with E-state index in [-0.39, 0.29) is 0 Å². The van der Waals surface area contributed by atoms with Gasteiger partial charge in [-0.15, -0.1) is 0 Å². The highest BCUT2D eigenvalue weighted by atomic mass is 16.1. The number of hydrogen-bond donors (Lipinski definition) is 1. The lowest BCUT2D eigenvalue weighted by Gasteiger charge is -2.07. The number of hydrogen-bond acceptors (Lipinski definition) is 2. The minimum atomic E-state index is 0.538. The monoisotopic (exact) mass is 153 g/mol. The molecule has 0 bridgehead atoms. The first-order valence-corrected chi connectivity index (χ1v) is 4.14. The molecule has 1 heterocycles. The van der Waals surface area contributed by atoms with E-state index in [0.717, 1.165) is 37.3 Å². The van der Waals surface area contributed by atoms with Crippen molar-refractivity contribution in [1.82, 2.24) is 5.32 Å². The topological polar surface area (TPSA) is 29.1 Å². The molecular formula is C9H15NO. The van der Waals surface area contributed by atoms with E-state index < -0.39 is 0 Å². The van der Waals surface area contributed by atoms with E-state index >= 15 is 0 Å². The zero-order valence-corrected chi connectivity index (χ0v) is 6.81. The summed E-state index contributed by atoms with van der Waals surface area (Å²) in [6.45, 7) is 6.07. The molecule has 62 valence electrons. The largest absolute Gasteiger partial charge is 0.316 e. The Labute approximate surface area is 67.7 Å². The van der Waals surface area contributed by atoms with E-state index in [2.05, 4.69) is 11.9 Å². The standard InChI is InChI=1S/C9H15NO/c1-8(3-5-11)6-9-2-4-10-7-9/h5,9-10H,1-4,6-7H2. The van der Waals surface area contributed by atoms with Crippen LogP contribution in [0.15, 0.2) is 12.2 Å². The molecule has 1 unspecified atom stereocenters. The first-order chi connectivity index (χ1) is 5.33. The Morgan fingerprint density at radius 3 is 3.09 bits per heavy atom. The van der Waals surface area contributed by atoms with Gasteiger partial charge in [0.25, 0.3) is 0 Å². The van der Waals surface area contributed by atoms with Crippen molar-refractivity contribution in [2.24, 2.45) is 5.92 Å². The van der Waals surface area contributed by atoms with Crippen molar-refractivity contribution in [3.05, 3.63) is 12.2 Å². The molecule has 1 fully saturated rings. The van der Waals surface area contributed by atoms with Crippen LogP contribution in [0.4, 0.5) is 0 Å². The van der Waals surface area contributed by atoms with Crippen LogP contribution in [0.3, 0.4) is 0 Å². The van der Waals surface area contributed by atoms with Crippen LogP contribution in [0.1, 0.15) is 19.3 Å². The number of nitrogens with one attached hydrogen (secondary N) is 1. The van der Waals surface area contributed by atoms with E-state index in [1.165, 1.54) is 6.42 Å². The van der Waals surface area contributed by atoms with Crippen LogP contribution in [0.2, 0.25) is 0 Å². The highest BCUT2D eigenvalue weighted by Crippen LogP contribution is 2.17. The number of allylic oxidation sites excluding steroid dienone is 1. The van der Waals surface area contributed by atoms with Gasteiger partial charge in [-0.3, -0.25) is 0 Å². The molecule has 1 N–H and O–H groups in total. The van der Waals surface area contributed by atoms with Crippen molar-refractivity contribution in [1.29, 1.82) is 0 Å². The molecule has 1 aliphatic heterocycles. The van der Waals surface area contributed by atoms with Gasteiger partial charge >= 0.3 is 0 Å². The highest BCUT2D eigenvalue weighted by molar-refractivity contribution is 5.53. The summed E-state index contributed by atoms with van der Waals surface area (Å²) in [5, 5.41) is 3.29. The summed E-state index contributed by atoms with van der Waals surface area (Å²) < 4.78 is 0. The van der Waals surface area contributed by atoms with Crippen LogP contribution < -0.4 is 5.32 Å². The molecular weight excluding hydrogens is 138 g/mol. The van der Waals surface area contributed by atoms with E-state index in [4.69, 9.17) is 0 Å². The van der Waals surface area contributed by atoms with Crippen LogP contribution >= 0.6 is 0 Å². The number of carbonyl (C=O) groups excluding carboxylic acids is 1. The molecule has 11 heavy (non-hydrogen) atoms. The Balaban J connectivity index is 2.18. The SMILES string of the molecule is C=C(CC=O)CC1CCNC1. The van der Waals surface area contributed by atoms with E-state index in [1.807, 2.05) is 0 Å². The van der Waals surface area contributed by atoms with Gasteiger partial charge in [0.2, 0.25) is 0 Å². The summed E-state index contributed by atoms with van der Waals surface area (Å²) >= 11 is 0. The molecule has 1 aliphatic rings. The summed E-state index contributed by atoms with van der Waals surface area (Å²) in [7, 11) is 0. The van der Waals surface area contributed by atoms with Crippen LogP contribution in [0, 0.1) is 5.92 Å². The second-order valence-corrected chi connectivity index (χ2v) is 3.18. The van der Waals surface area contributed by atoms with Gasteiger partial charge in [-0.05, 0) is 31.8 Å². The quantitative estimate of drug-likeness (QED) is 0.484. The lowest BCUT2D eigenvalue weighted by atomic mass is 9.98. The van der Waals surface area contributed by atoms with Crippen LogP contribution in [-0.2, 0) is 4.79 Å². The Bertz CT molecular complexity index is 148. The molecule has 0 spiro atoms. The lowest BCUT2D eigenvalue weighted by Crippen LogP contribution is -2.09. The molecule has 0 aromatic rings. The fraction of sp³-hybridized carbons (Fsp3) is 0.667. The first-order valence-electron chi connectivity index (χ1n) is 4.14. The highest BCUT2D eigenvalue weighted by Gasteiger charge is 2.14. The maximum Gasteiger partial charge on any atom is 0.124 e. The van der Waals surface area contributed by atoms with Crippen molar-refractivity contribution in [2.45, 2.75) is 19.3 Å². The Morgan fingerprint density at radius 2 is 2.55 bits per heavy atom. The summed E-state index contributed by atoms with van der Waals surface area (Å²) in [6.07, 6.45) is 3.73. The molecule has 1 atom stereocenters. The van der Waals surface area contributed by atoms with Crippen LogP contribution in [-0.4, -0.2) is 19.4 Å². The zero-order chi connectivity index (χ0) is 8.10. The third-order valence-corrected chi connectivity index (χ3v) is 2.11. The summed E-state index contributed by atoms with van der Waals surface area (Å²) in [5.74, 6) is 0.724. The minimum Gasteiger partial charge on any atom is -0.316 e. The molecule has 1 saturated heterocycles. The van der Waals surface area contributed by atoms with E-state index in [0.29, 0.717) is 6.42 Å². The van der Waals surface area contributed by atoms with Gasteiger partial charge in [0.1, 0.15) is 6.29 Å². The number of aldehydes is 1. The second-order valence-electron chi connectivity index (χ2n) is 3.18. The van der Waals surface area contributed by atoms with Crippen molar-refractivity contribution in [3.8, 4) is 0 Å². The molecule has 2 nitrogen and oxygen atoms in total. The van der Waals surface area contributed by atoms with Crippen LogP contribution in [0.25, 0.3) is 0 Å². The Hall–Kier alpha value is -0.630. The Kier molecular flexibility index (Phi) is 3.30. The predicted octanol–water partition coefficient (Wildman–Crippen LogP) is 1.13. The minimum absolute atomic E-state index is 0.538. The maximum absolute atomic E-state index is 10.1. The molecule has 0 aliphatic carbocycles. The van der Waals surface area contributed by atoms with Crippen molar-refractivity contribution in [3.63, 3.8) is 0 Å². The Morgan fingerprint density at radius 1 is 1.73 bits per heavy atom. The fourth-order valence-electron chi connectivity index (χ4n) is 1.50. The second kappa shape index (κ2) is 4.29. The van der Waals surface area contributed by atoms with Crippen molar-refractivity contribution in [2.75, 3.05) is 13.1 Å². The normalized spacial score (nSPS) is 23.5. The van der Waals surface area contributed by atoms with E-state index in [1.54, 1.807) is 0 Å². The van der Waals surface area contributed by atoms with Crippen LogP contribution in [0.5, 0.6) is 0 Å². The first kappa shape index (κ1) is 8.47. The average molecular weight is 153 g/mol. The third kappa shape index (κ3) is 2.85.